The monoisotopic (exact) mass is 546 g/mol. The van der Waals surface area contributed by atoms with Crippen LogP contribution in [0.15, 0.2) is 72.8 Å². The van der Waals surface area contributed by atoms with Gasteiger partial charge in [-0.1, -0.05) is 24.3 Å². The van der Waals surface area contributed by atoms with Gasteiger partial charge in [0.1, 0.15) is 11.1 Å². The maximum atomic E-state index is 12.9. The Kier molecular flexibility index (Phi) is 7.07. The van der Waals surface area contributed by atoms with Gasteiger partial charge >= 0.3 is 0 Å². The Labute approximate surface area is 221 Å². The predicted octanol–water partition coefficient (Wildman–Crippen LogP) is 4.98. The second-order valence-electron chi connectivity index (χ2n) is 8.05. The van der Waals surface area contributed by atoms with Gasteiger partial charge in [0.15, 0.2) is 0 Å². The number of nitro benzene ring substituents is 4. The highest BCUT2D eigenvalue weighted by atomic mass is 16.6. The molecule has 2 N–H and O–H groups in total. The largest absolute Gasteiger partial charge is 0.321 e. The third kappa shape index (κ3) is 5.21. The lowest BCUT2D eigenvalue weighted by Crippen LogP contribution is -2.15. The van der Waals surface area contributed by atoms with Crippen molar-refractivity contribution in [3.05, 3.63) is 124 Å². The summed E-state index contributed by atoms with van der Waals surface area (Å²) < 4.78 is 0. The van der Waals surface area contributed by atoms with Crippen LogP contribution in [0.2, 0.25) is 0 Å². The Balaban J connectivity index is 1.68. The van der Waals surface area contributed by atoms with Gasteiger partial charge < -0.3 is 10.6 Å². The highest BCUT2D eigenvalue weighted by molar-refractivity contribution is 6.15. The zero-order valence-corrected chi connectivity index (χ0v) is 19.8. The highest BCUT2D eigenvalue weighted by Crippen LogP contribution is 2.32. The van der Waals surface area contributed by atoms with Crippen LogP contribution in [0.5, 0.6) is 0 Å². The molecule has 0 aliphatic heterocycles. The van der Waals surface area contributed by atoms with Crippen molar-refractivity contribution in [2.24, 2.45) is 0 Å². The summed E-state index contributed by atoms with van der Waals surface area (Å²) in [6.45, 7) is 0. The lowest BCUT2D eigenvalue weighted by molar-refractivity contribution is -0.394. The van der Waals surface area contributed by atoms with Crippen molar-refractivity contribution >= 4 is 56.7 Å². The number of hydrogen-bond acceptors (Lipinski definition) is 10. The average Bonchev–Trinajstić information content (AvgIpc) is 2.92. The number of nitrogens with zero attached hydrogens (tertiary/aromatic N) is 4. The molecule has 16 heteroatoms. The van der Waals surface area contributed by atoms with E-state index in [-0.39, 0.29) is 11.4 Å². The van der Waals surface area contributed by atoms with Gasteiger partial charge in [-0.15, -0.1) is 0 Å². The number of carbonyl (C=O) groups excluding carboxylic acids is 2. The number of amides is 2. The van der Waals surface area contributed by atoms with Gasteiger partial charge in [0.2, 0.25) is 0 Å². The predicted molar refractivity (Wildman–Crippen MR) is 139 cm³/mol. The van der Waals surface area contributed by atoms with Gasteiger partial charge in [-0.2, -0.15) is 0 Å². The molecule has 0 aliphatic carbocycles. The van der Waals surface area contributed by atoms with E-state index in [4.69, 9.17) is 0 Å². The van der Waals surface area contributed by atoms with E-state index in [0.717, 1.165) is 24.3 Å². The Bertz CT molecular complexity index is 1640. The first kappa shape index (κ1) is 26.7. The summed E-state index contributed by atoms with van der Waals surface area (Å²) >= 11 is 0. The molecule has 4 aromatic carbocycles. The maximum absolute atomic E-state index is 12.9. The van der Waals surface area contributed by atoms with Crippen molar-refractivity contribution in [3.63, 3.8) is 0 Å². The summed E-state index contributed by atoms with van der Waals surface area (Å²) in [6, 6.07) is 14.3. The zero-order valence-electron chi connectivity index (χ0n) is 19.8. The average molecular weight is 546 g/mol. The van der Waals surface area contributed by atoms with Gasteiger partial charge in [0, 0.05) is 34.3 Å². The van der Waals surface area contributed by atoms with E-state index < -0.39 is 65.4 Å². The first-order chi connectivity index (χ1) is 19.0. The molecule has 0 saturated carbocycles. The smallest absolute Gasteiger partial charge is 0.289 e. The molecule has 0 heterocycles. The molecule has 0 radical (unpaired) electrons. The van der Waals surface area contributed by atoms with Crippen LogP contribution in [-0.4, -0.2) is 31.5 Å². The summed E-state index contributed by atoms with van der Waals surface area (Å²) in [6.07, 6.45) is 0. The molecule has 4 rings (SSSR count). The number of non-ortho nitro benzene ring substituents is 2. The summed E-state index contributed by atoms with van der Waals surface area (Å²) in [5.41, 5.74) is -3.19. The molecule has 2 amide bonds. The van der Waals surface area contributed by atoms with E-state index in [2.05, 4.69) is 10.6 Å². The fourth-order valence-electron chi connectivity index (χ4n) is 3.86. The van der Waals surface area contributed by atoms with E-state index in [9.17, 15) is 50.0 Å². The lowest BCUT2D eigenvalue weighted by Gasteiger charge is -2.13. The number of nitro groups is 4. The lowest BCUT2D eigenvalue weighted by atomic mass is 10.1. The third-order valence-corrected chi connectivity index (χ3v) is 5.69. The molecule has 0 fully saturated rings. The van der Waals surface area contributed by atoms with Crippen LogP contribution in [0, 0.1) is 40.5 Å². The number of hydrogen-bond donors (Lipinski definition) is 2. The number of rotatable bonds is 8. The van der Waals surface area contributed by atoms with Crippen LogP contribution < -0.4 is 10.6 Å². The zero-order chi connectivity index (χ0) is 29.1. The van der Waals surface area contributed by atoms with E-state index in [0.29, 0.717) is 22.9 Å². The molecule has 0 unspecified atom stereocenters. The molecule has 0 atom stereocenters. The Morgan fingerprint density at radius 2 is 0.900 bits per heavy atom. The Hall–Kier alpha value is -6.32. The normalized spacial score (nSPS) is 10.5. The minimum absolute atomic E-state index is 0.174. The summed E-state index contributed by atoms with van der Waals surface area (Å²) in [5.74, 6) is -1.85. The molecule has 0 aromatic heterocycles. The second kappa shape index (κ2) is 10.6. The molecular formula is C24H14N6O10. The Morgan fingerprint density at radius 3 is 1.23 bits per heavy atom. The molecule has 0 saturated heterocycles. The number of benzene rings is 4. The molecule has 0 spiro atoms. The number of nitrogens with one attached hydrogen (secondary N) is 2. The van der Waals surface area contributed by atoms with Gasteiger partial charge in [-0.05, 0) is 24.3 Å². The van der Waals surface area contributed by atoms with Gasteiger partial charge in [0.25, 0.3) is 34.6 Å². The van der Waals surface area contributed by atoms with Crippen LogP contribution >= 0.6 is 0 Å². The minimum atomic E-state index is -0.926. The molecule has 200 valence electrons. The fraction of sp³-hybridized carbons (Fsp3) is 0. The molecule has 0 aliphatic rings. The third-order valence-electron chi connectivity index (χ3n) is 5.69. The van der Waals surface area contributed by atoms with Crippen molar-refractivity contribution in [2.75, 3.05) is 10.6 Å². The van der Waals surface area contributed by atoms with Gasteiger partial charge in [-0.25, -0.2) is 0 Å². The Morgan fingerprint density at radius 1 is 0.525 bits per heavy atom. The topological polar surface area (TPSA) is 231 Å². The van der Waals surface area contributed by atoms with Crippen molar-refractivity contribution in [1.82, 2.24) is 0 Å². The van der Waals surface area contributed by atoms with E-state index >= 15 is 0 Å². The van der Waals surface area contributed by atoms with Crippen molar-refractivity contribution < 1.29 is 29.3 Å². The first-order valence-electron chi connectivity index (χ1n) is 11.0. The molecule has 4 aromatic rings. The summed E-state index contributed by atoms with van der Waals surface area (Å²) in [4.78, 5) is 67.2. The van der Waals surface area contributed by atoms with E-state index in [1.54, 1.807) is 12.1 Å². The summed E-state index contributed by atoms with van der Waals surface area (Å²) in [5, 5.41) is 50.6. The van der Waals surface area contributed by atoms with Crippen molar-refractivity contribution in [3.8, 4) is 0 Å². The molecule has 16 nitrogen and oxygen atoms in total. The van der Waals surface area contributed by atoms with Crippen LogP contribution in [0.1, 0.15) is 20.7 Å². The standard InChI is InChI=1S/C24H14N6O10/c31-23(17-9-7-13(27(33)34)11-21(17)29(37)38)25-19-5-1-3-15-16(19)4-2-6-20(15)26-24(32)18-10-8-14(28(35)36)12-22(18)30(39)40/h1-12H,(H,25,31)(H,26,32). The van der Waals surface area contributed by atoms with E-state index in [1.165, 1.54) is 24.3 Å². The fourth-order valence-corrected chi connectivity index (χ4v) is 3.86. The molecule has 40 heavy (non-hydrogen) atoms. The van der Waals surface area contributed by atoms with Crippen LogP contribution in [-0.2, 0) is 0 Å². The number of anilines is 2. The van der Waals surface area contributed by atoms with Crippen LogP contribution in [0.4, 0.5) is 34.1 Å². The molecule has 0 bridgehead atoms. The van der Waals surface area contributed by atoms with Crippen LogP contribution in [0.3, 0.4) is 0 Å². The second-order valence-corrected chi connectivity index (χ2v) is 8.05. The number of carbonyl (C=O) groups is 2. The maximum Gasteiger partial charge on any atom is 0.289 e. The first-order valence-corrected chi connectivity index (χ1v) is 11.0. The number of fused-ring (bicyclic) bond motifs is 1. The van der Waals surface area contributed by atoms with Crippen molar-refractivity contribution in [2.45, 2.75) is 0 Å². The minimum Gasteiger partial charge on any atom is -0.321 e. The SMILES string of the molecule is O=C(Nc1cccc2c(NC(=O)c3ccc([N+](=O)[O-])cc3[N+](=O)[O-])cccc12)c1ccc([N+](=O)[O-])cc1[N+](=O)[O-]. The van der Waals surface area contributed by atoms with Gasteiger partial charge in [-0.3, -0.25) is 50.0 Å². The highest BCUT2D eigenvalue weighted by Gasteiger charge is 2.26. The van der Waals surface area contributed by atoms with Gasteiger partial charge in [0.05, 0.1) is 31.8 Å². The quantitative estimate of drug-likeness (QED) is 0.222. The van der Waals surface area contributed by atoms with E-state index in [1.807, 2.05) is 0 Å². The van der Waals surface area contributed by atoms with Crippen molar-refractivity contribution in [1.29, 1.82) is 0 Å². The summed E-state index contributed by atoms with van der Waals surface area (Å²) in [7, 11) is 0. The molecular weight excluding hydrogens is 532 g/mol. The van der Waals surface area contributed by atoms with Crippen LogP contribution in [0.25, 0.3) is 10.8 Å².